The normalized spacial score (nSPS) is 14.2. The van der Waals surface area contributed by atoms with Gasteiger partial charge in [-0.15, -0.1) is 0 Å². The van der Waals surface area contributed by atoms with Crippen LogP contribution in [0.5, 0.6) is 0 Å². The van der Waals surface area contributed by atoms with Crippen molar-refractivity contribution in [3.8, 4) is 5.82 Å². The van der Waals surface area contributed by atoms with Gasteiger partial charge in [0.1, 0.15) is 5.69 Å². The molecule has 0 spiro atoms. The molecule has 1 fully saturated rings. The summed E-state index contributed by atoms with van der Waals surface area (Å²) >= 11 is 6.24. The van der Waals surface area contributed by atoms with Crippen LogP contribution >= 0.6 is 11.6 Å². The van der Waals surface area contributed by atoms with E-state index >= 15 is 0 Å². The number of nitrogens with one attached hydrogen (secondary N) is 2. The Balaban J connectivity index is 1.40. The summed E-state index contributed by atoms with van der Waals surface area (Å²) in [5.41, 5.74) is 3.06. The third-order valence-corrected chi connectivity index (χ3v) is 5.48. The SMILES string of the molecule is Cc1cc(C)n(-c2ccc(Cl)c(C(=O)Nc3ccc(NC(=O)CN4CCOCC4)cc3)n2)n1. The summed E-state index contributed by atoms with van der Waals surface area (Å²) in [6.07, 6.45) is 0. The number of aryl methyl sites for hydroxylation is 2. The van der Waals surface area contributed by atoms with Crippen LogP contribution in [-0.4, -0.2) is 64.3 Å². The molecule has 1 aliphatic rings. The van der Waals surface area contributed by atoms with Gasteiger partial charge < -0.3 is 15.4 Å². The average molecular weight is 469 g/mol. The number of carbonyl (C=O) groups is 2. The zero-order chi connectivity index (χ0) is 23.4. The van der Waals surface area contributed by atoms with Crippen molar-refractivity contribution in [3.05, 3.63) is 64.6 Å². The molecule has 0 aliphatic carbocycles. The molecule has 3 heterocycles. The molecule has 0 radical (unpaired) electrons. The summed E-state index contributed by atoms with van der Waals surface area (Å²) in [5, 5.41) is 10.3. The van der Waals surface area contributed by atoms with Crippen molar-refractivity contribution in [3.63, 3.8) is 0 Å². The molecule has 0 bridgehead atoms. The Morgan fingerprint density at radius 1 is 1.03 bits per heavy atom. The minimum Gasteiger partial charge on any atom is -0.379 e. The molecular formula is C23H25ClN6O3. The molecule has 1 saturated heterocycles. The highest BCUT2D eigenvalue weighted by atomic mass is 35.5. The van der Waals surface area contributed by atoms with Crippen molar-refractivity contribution in [2.24, 2.45) is 0 Å². The van der Waals surface area contributed by atoms with Crippen molar-refractivity contribution >= 4 is 34.8 Å². The number of amides is 2. The molecular weight excluding hydrogens is 444 g/mol. The molecule has 0 saturated carbocycles. The molecule has 0 atom stereocenters. The van der Waals surface area contributed by atoms with Crippen molar-refractivity contribution in [2.75, 3.05) is 43.5 Å². The van der Waals surface area contributed by atoms with Gasteiger partial charge in [-0.05, 0) is 56.3 Å². The fourth-order valence-corrected chi connectivity index (χ4v) is 3.75. The Bertz CT molecular complexity index is 1160. The number of hydrogen-bond acceptors (Lipinski definition) is 6. The number of anilines is 2. The van der Waals surface area contributed by atoms with E-state index in [1.165, 1.54) is 0 Å². The van der Waals surface area contributed by atoms with Crippen LogP contribution in [0.1, 0.15) is 21.9 Å². The van der Waals surface area contributed by atoms with Gasteiger partial charge in [-0.2, -0.15) is 5.10 Å². The van der Waals surface area contributed by atoms with E-state index in [1.54, 1.807) is 41.1 Å². The highest BCUT2D eigenvalue weighted by molar-refractivity contribution is 6.34. The van der Waals surface area contributed by atoms with Crippen molar-refractivity contribution in [1.29, 1.82) is 0 Å². The van der Waals surface area contributed by atoms with E-state index in [1.807, 2.05) is 24.8 Å². The first kappa shape index (κ1) is 22.9. The van der Waals surface area contributed by atoms with E-state index in [0.29, 0.717) is 37.0 Å². The maximum atomic E-state index is 12.8. The number of aromatic nitrogens is 3. The van der Waals surface area contributed by atoms with E-state index in [2.05, 4.69) is 20.7 Å². The van der Waals surface area contributed by atoms with Gasteiger partial charge >= 0.3 is 0 Å². The van der Waals surface area contributed by atoms with Gasteiger partial charge in [-0.1, -0.05) is 11.6 Å². The van der Waals surface area contributed by atoms with E-state index < -0.39 is 5.91 Å². The quantitative estimate of drug-likeness (QED) is 0.576. The first-order valence-corrected chi connectivity index (χ1v) is 11.0. The number of morpholine rings is 1. The van der Waals surface area contributed by atoms with Gasteiger partial charge in [0.2, 0.25) is 5.91 Å². The van der Waals surface area contributed by atoms with Crippen molar-refractivity contribution in [1.82, 2.24) is 19.7 Å². The van der Waals surface area contributed by atoms with Gasteiger partial charge in [0.25, 0.3) is 5.91 Å². The van der Waals surface area contributed by atoms with Crippen LogP contribution in [0.3, 0.4) is 0 Å². The van der Waals surface area contributed by atoms with Crippen LogP contribution in [0.15, 0.2) is 42.5 Å². The Morgan fingerprint density at radius 2 is 1.70 bits per heavy atom. The number of carbonyl (C=O) groups excluding carboxylic acids is 2. The number of ether oxygens (including phenoxy) is 1. The molecule has 1 aliphatic heterocycles. The summed E-state index contributed by atoms with van der Waals surface area (Å²) in [4.78, 5) is 31.5. The fraction of sp³-hybridized carbons (Fsp3) is 0.304. The number of halogens is 1. The van der Waals surface area contributed by atoms with Gasteiger partial charge in [0, 0.05) is 30.2 Å². The van der Waals surface area contributed by atoms with Crippen LogP contribution in [0.4, 0.5) is 11.4 Å². The number of rotatable bonds is 6. The lowest BCUT2D eigenvalue weighted by molar-refractivity contribution is -0.118. The number of pyridine rings is 1. The standard InChI is InChI=1S/C23H25ClN6O3/c1-15-13-16(2)30(28-15)20-8-7-19(24)22(27-20)23(32)26-18-5-3-17(4-6-18)25-21(31)14-29-9-11-33-12-10-29/h3-8,13H,9-12,14H2,1-2H3,(H,25,31)(H,26,32). The highest BCUT2D eigenvalue weighted by Gasteiger charge is 2.17. The minimum atomic E-state index is -0.438. The number of benzene rings is 1. The molecule has 2 N–H and O–H groups in total. The van der Waals surface area contributed by atoms with E-state index in [-0.39, 0.29) is 16.6 Å². The number of hydrogen-bond donors (Lipinski definition) is 2. The molecule has 172 valence electrons. The van der Waals surface area contributed by atoms with Gasteiger partial charge in [0.05, 0.1) is 30.5 Å². The summed E-state index contributed by atoms with van der Waals surface area (Å²) in [5.74, 6) is -0.0217. The lowest BCUT2D eigenvalue weighted by Gasteiger charge is -2.25. The maximum absolute atomic E-state index is 12.8. The smallest absolute Gasteiger partial charge is 0.275 e. The zero-order valence-electron chi connectivity index (χ0n) is 18.5. The molecule has 10 heteroatoms. The van der Waals surface area contributed by atoms with Crippen LogP contribution in [0, 0.1) is 13.8 Å². The highest BCUT2D eigenvalue weighted by Crippen LogP contribution is 2.20. The Kier molecular flexibility index (Phi) is 7.02. The lowest BCUT2D eigenvalue weighted by Crippen LogP contribution is -2.41. The third-order valence-electron chi connectivity index (χ3n) is 5.17. The van der Waals surface area contributed by atoms with Gasteiger partial charge in [0.15, 0.2) is 5.82 Å². The average Bonchev–Trinajstić information content (AvgIpc) is 3.14. The second-order valence-electron chi connectivity index (χ2n) is 7.81. The molecule has 3 aromatic rings. The van der Waals surface area contributed by atoms with Crippen LogP contribution in [0.2, 0.25) is 5.02 Å². The Morgan fingerprint density at radius 3 is 2.33 bits per heavy atom. The molecule has 9 nitrogen and oxygen atoms in total. The largest absolute Gasteiger partial charge is 0.379 e. The summed E-state index contributed by atoms with van der Waals surface area (Å²) in [6.45, 7) is 6.90. The van der Waals surface area contributed by atoms with E-state index in [9.17, 15) is 9.59 Å². The summed E-state index contributed by atoms with van der Waals surface area (Å²) in [7, 11) is 0. The van der Waals surface area contributed by atoms with Gasteiger partial charge in [-0.25, -0.2) is 9.67 Å². The second-order valence-corrected chi connectivity index (χ2v) is 8.21. The second kappa shape index (κ2) is 10.1. The number of nitrogens with zero attached hydrogens (tertiary/aromatic N) is 4. The molecule has 2 aromatic heterocycles. The lowest BCUT2D eigenvalue weighted by atomic mass is 10.2. The molecule has 0 unspecified atom stereocenters. The van der Waals surface area contributed by atoms with E-state index in [4.69, 9.17) is 16.3 Å². The molecule has 4 rings (SSSR count). The summed E-state index contributed by atoms with van der Waals surface area (Å²) < 4.78 is 6.96. The first-order valence-electron chi connectivity index (χ1n) is 10.6. The third kappa shape index (κ3) is 5.75. The molecule has 1 aromatic carbocycles. The fourth-order valence-electron chi connectivity index (χ4n) is 3.56. The van der Waals surface area contributed by atoms with Crippen molar-refractivity contribution < 1.29 is 14.3 Å². The predicted octanol–water partition coefficient (Wildman–Crippen LogP) is 3.06. The topological polar surface area (TPSA) is 101 Å². The molecule has 2 amide bonds. The van der Waals surface area contributed by atoms with Crippen molar-refractivity contribution in [2.45, 2.75) is 13.8 Å². The van der Waals surface area contributed by atoms with Crippen LogP contribution < -0.4 is 10.6 Å². The zero-order valence-corrected chi connectivity index (χ0v) is 19.2. The van der Waals surface area contributed by atoms with Crippen LogP contribution in [0.25, 0.3) is 5.82 Å². The molecule has 33 heavy (non-hydrogen) atoms. The maximum Gasteiger partial charge on any atom is 0.275 e. The van der Waals surface area contributed by atoms with Crippen LogP contribution in [-0.2, 0) is 9.53 Å². The minimum absolute atomic E-state index is 0.0920. The predicted molar refractivity (Wildman–Crippen MR) is 126 cm³/mol. The first-order chi connectivity index (χ1) is 15.9. The Hall–Kier alpha value is -3.27. The van der Waals surface area contributed by atoms with Gasteiger partial charge in [-0.3, -0.25) is 14.5 Å². The summed E-state index contributed by atoms with van der Waals surface area (Å²) in [6, 6.07) is 12.1. The Labute approximate surface area is 196 Å². The van der Waals surface area contributed by atoms with E-state index in [0.717, 1.165) is 24.5 Å². The monoisotopic (exact) mass is 468 g/mol.